The molecule has 1 saturated heterocycles. The highest BCUT2D eigenvalue weighted by molar-refractivity contribution is 6.00. The number of benzene rings is 1. The Morgan fingerprint density at radius 1 is 1.20 bits per heavy atom. The molecule has 0 spiro atoms. The summed E-state index contributed by atoms with van der Waals surface area (Å²) in [5, 5.41) is 0. The van der Waals surface area contributed by atoms with Crippen molar-refractivity contribution in [1.29, 1.82) is 0 Å². The Labute approximate surface area is 116 Å². The molecule has 2 bridgehead atoms. The number of likely N-dealkylation sites (tertiary alicyclic amines) is 1. The van der Waals surface area contributed by atoms with Crippen LogP contribution in [0.4, 0.5) is 4.39 Å². The van der Waals surface area contributed by atoms with Crippen LogP contribution in [0.25, 0.3) is 0 Å². The highest BCUT2D eigenvalue weighted by Gasteiger charge is 2.45. The predicted octanol–water partition coefficient (Wildman–Crippen LogP) is 1.57. The molecule has 1 saturated carbocycles. The first-order valence-electron chi connectivity index (χ1n) is 6.92. The van der Waals surface area contributed by atoms with Gasteiger partial charge in [0.15, 0.2) is 0 Å². The van der Waals surface area contributed by atoms with E-state index in [1.54, 1.807) is 12.1 Å². The second-order valence-electron chi connectivity index (χ2n) is 5.60. The van der Waals surface area contributed by atoms with Crippen LogP contribution >= 0.6 is 0 Å². The van der Waals surface area contributed by atoms with Crippen molar-refractivity contribution in [1.82, 2.24) is 4.90 Å². The maximum atomic E-state index is 14.0. The molecular weight excluding hydrogens is 259 g/mol. The van der Waals surface area contributed by atoms with Gasteiger partial charge in [-0.1, -0.05) is 12.1 Å². The van der Waals surface area contributed by atoms with Gasteiger partial charge in [-0.05, 0) is 30.9 Å². The van der Waals surface area contributed by atoms with E-state index in [4.69, 9.17) is 5.73 Å². The Kier molecular flexibility index (Phi) is 3.30. The molecule has 20 heavy (non-hydrogen) atoms. The average molecular weight is 276 g/mol. The van der Waals surface area contributed by atoms with E-state index in [1.165, 1.54) is 11.0 Å². The van der Waals surface area contributed by atoms with Crippen molar-refractivity contribution in [3.05, 3.63) is 35.1 Å². The second-order valence-corrected chi connectivity index (χ2v) is 5.60. The number of nitrogens with zero attached hydrogens (tertiary/aromatic N) is 1. The second kappa shape index (κ2) is 4.98. The van der Waals surface area contributed by atoms with Gasteiger partial charge in [0.05, 0.1) is 6.54 Å². The van der Waals surface area contributed by atoms with Gasteiger partial charge in [0, 0.05) is 23.9 Å². The zero-order valence-corrected chi connectivity index (χ0v) is 11.1. The molecule has 1 aromatic carbocycles. The fraction of sp³-hybridized carbons (Fsp3) is 0.467. The third kappa shape index (κ3) is 2.12. The van der Waals surface area contributed by atoms with Crippen molar-refractivity contribution in [2.24, 2.45) is 17.6 Å². The molecule has 5 heteroatoms. The lowest BCUT2D eigenvalue weighted by atomic mass is 9.96. The molecule has 2 atom stereocenters. The van der Waals surface area contributed by atoms with E-state index >= 15 is 0 Å². The molecule has 2 fully saturated rings. The lowest BCUT2D eigenvalue weighted by Gasteiger charge is -2.29. The summed E-state index contributed by atoms with van der Waals surface area (Å²) in [5.74, 6) is -0.809. The van der Waals surface area contributed by atoms with Crippen LogP contribution in [0.3, 0.4) is 0 Å². The SMILES string of the molecule is NCc1ccc(CN2C(=O)C3CCC(C3)C2=O)c(F)c1. The van der Waals surface area contributed by atoms with Crippen LogP contribution in [0, 0.1) is 17.7 Å². The average Bonchev–Trinajstić information content (AvgIpc) is 2.90. The molecule has 2 unspecified atom stereocenters. The maximum Gasteiger partial charge on any atom is 0.232 e. The molecule has 2 aliphatic rings. The molecule has 1 aliphatic carbocycles. The van der Waals surface area contributed by atoms with Crippen LogP contribution in [0.1, 0.15) is 30.4 Å². The van der Waals surface area contributed by atoms with Crippen LogP contribution in [-0.4, -0.2) is 16.7 Å². The van der Waals surface area contributed by atoms with E-state index in [2.05, 4.69) is 0 Å². The van der Waals surface area contributed by atoms with Gasteiger partial charge in [-0.2, -0.15) is 0 Å². The monoisotopic (exact) mass is 276 g/mol. The number of rotatable bonds is 3. The van der Waals surface area contributed by atoms with E-state index < -0.39 is 5.82 Å². The van der Waals surface area contributed by atoms with E-state index in [0.29, 0.717) is 17.5 Å². The highest BCUT2D eigenvalue weighted by Crippen LogP contribution is 2.38. The molecule has 0 aromatic heterocycles. The van der Waals surface area contributed by atoms with Gasteiger partial charge in [0.2, 0.25) is 11.8 Å². The quantitative estimate of drug-likeness (QED) is 0.852. The maximum absolute atomic E-state index is 14.0. The lowest BCUT2D eigenvalue weighted by Crippen LogP contribution is -2.45. The molecule has 106 valence electrons. The molecule has 2 N–H and O–H groups in total. The van der Waals surface area contributed by atoms with E-state index in [0.717, 1.165) is 12.8 Å². The highest BCUT2D eigenvalue weighted by atomic mass is 19.1. The minimum atomic E-state index is -0.411. The number of fused-ring (bicyclic) bond motifs is 2. The third-order valence-corrected chi connectivity index (χ3v) is 4.34. The molecule has 0 radical (unpaired) electrons. The van der Waals surface area contributed by atoms with Crippen molar-refractivity contribution in [2.45, 2.75) is 32.4 Å². The number of hydrogen-bond acceptors (Lipinski definition) is 3. The van der Waals surface area contributed by atoms with Crippen molar-refractivity contribution in [2.75, 3.05) is 0 Å². The van der Waals surface area contributed by atoms with Crippen LogP contribution in [0.5, 0.6) is 0 Å². The first-order chi connectivity index (χ1) is 9.60. The Morgan fingerprint density at radius 2 is 1.85 bits per heavy atom. The number of nitrogens with two attached hydrogens (primary N) is 1. The first-order valence-corrected chi connectivity index (χ1v) is 6.92. The summed E-state index contributed by atoms with van der Waals surface area (Å²) >= 11 is 0. The number of hydrogen-bond donors (Lipinski definition) is 1. The minimum absolute atomic E-state index is 0.0291. The number of carbonyl (C=O) groups is 2. The largest absolute Gasteiger partial charge is 0.326 e. The number of amides is 2. The first kappa shape index (κ1) is 13.2. The van der Waals surface area contributed by atoms with Crippen molar-refractivity contribution in [3.8, 4) is 0 Å². The van der Waals surface area contributed by atoms with Crippen molar-refractivity contribution in [3.63, 3.8) is 0 Å². The topological polar surface area (TPSA) is 63.4 Å². The lowest BCUT2D eigenvalue weighted by molar-refractivity contribution is -0.153. The van der Waals surface area contributed by atoms with Gasteiger partial charge >= 0.3 is 0 Å². The van der Waals surface area contributed by atoms with Gasteiger partial charge in [0.25, 0.3) is 0 Å². The molecular formula is C15H17FN2O2. The molecule has 2 amide bonds. The molecule has 1 aliphatic heterocycles. The zero-order valence-electron chi connectivity index (χ0n) is 11.1. The molecule has 4 nitrogen and oxygen atoms in total. The van der Waals surface area contributed by atoms with Gasteiger partial charge in [-0.25, -0.2) is 4.39 Å². The van der Waals surface area contributed by atoms with Crippen LogP contribution in [0.2, 0.25) is 0 Å². The predicted molar refractivity (Wildman–Crippen MR) is 70.7 cm³/mol. The summed E-state index contributed by atoms with van der Waals surface area (Å²) < 4.78 is 14.0. The van der Waals surface area contributed by atoms with Gasteiger partial charge in [0.1, 0.15) is 5.82 Å². The van der Waals surface area contributed by atoms with Crippen molar-refractivity contribution >= 4 is 11.8 Å². The Balaban J connectivity index is 1.83. The number of halogens is 1. The summed E-state index contributed by atoms with van der Waals surface area (Å²) in [7, 11) is 0. The van der Waals surface area contributed by atoms with E-state index in [-0.39, 0.29) is 36.7 Å². The van der Waals surface area contributed by atoms with Gasteiger partial charge in [-0.15, -0.1) is 0 Å². The Morgan fingerprint density at radius 3 is 2.40 bits per heavy atom. The summed E-state index contributed by atoms with van der Waals surface area (Å²) in [6.45, 7) is 0.296. The smallest absolute Gasteiger partial charge is 0.232 e. The Bertz CT molecular complexity index is 551. The standard InChI is InChI=1S/C15H17FN2O2/c16-13-5-9(7-17)1-2-12(13)8-18-14(19)10-3-4-11(6-10)15(18)20/h1-2,5,10-11H,3-4,6-8,17H2. The van der Waals surface area contributed by atoms with Crippen LogP contribution in [0.15, 0.2) is 18.2 Å². The third-order valence-electron chi connectivity index (χ3n) is 4.34. The van der Waals surface area contributed by atoms with E-state index in [9.17, 15) is 14.0 Å². The molecule has 1 aromatic rings. The number of carbonyl (C=O) groups excluding carboxylic acids is 2. The summed E-state index contributed by atoms with van der Waals surface area (Å²) in [6.07, 6.45) is 2.23. The fourth-order valence-electron chi connectivity index (χ4n) is 3.15. The zero-order chi connectivity index (χ0) is 14.3. The van der Waals surface area contributed by atoms with Gasteiger partial charge in [-0.3, -0.25) is 14.5 Å². The minimum Gasteiger partial charge on any atom is -0.326 e. The van der Waals surface area contributed by atoms with Crippen LogP contribution < -0.4 is 5.73 Å². The number of imide groups is 1. The summed E-state index contributed by atoms with van der Waals surface area (Å²) in [6, 6.07) is 4.70. The summed E-state index contributed by atoms with van der Waals surface area (Å²) in [5.41, 5.74) is 6.52. The normalized spacial score (nSPS) is 25.4. The molecule has 3 rings (SSSR count). The van der Waals surface area contributed by atoms with Gasteiger partial charge < -0.3 is 5.73 Å². The fourth-order valence-corrected chi connectivity index (χ4v) is 3.15. The Hall–Kier alpha value is -1.75. The van der Waals surface area contributed by atoms with E-state index in [1.807, 2.05) is 0 Å². The van der Waals surface area contributed by atoms with Crippen LogP contribution in [-0.2, 0) is 22.7 Å². The molecule has 1 heterocycles. The summed E-state index contributed by atoms with van der Waals surface area (Å²) in [4.78, 5) is 25.6. The number of piperidine rings is 1. The van der Waals surface area contributed by atoms with Crippen molar-refractivity contribution < 1.29 is 14.0 Å².